The molecular formula is C24H29N5O4. The molecule has 33 heavy (non-hydrogen) atoms. The molecule has 1 aromatic heterocycles. The Morgan fingerprint density at radius 3 is 2.39 bits per heavy atom. The summed E-state index contributed by atoms with van der Waals surface area (Å²) in [5.41, 5.74) is 2.15. The molecule has 2 aliphatic rings. The van der Waals surface area contributed by atoms with Gasteiger partial charge < -0.3 is 20.2 Å². The molecule has 0 aliphatic carbocycles. The Morgan fingerprint density at radius 2 is 1.79 bits per heavy atom. The van der Waals surface area contributed by atoms with Crippen molar-refractivity contribution in [2.75, 3.05) is 44.2 Å². The molecule has 174 valence electrons. The van der Waals surface area contributed by atoms with E-state index >= 15 is 0 Å². The standard InChI is InChI=1S/C24H29N5O4/c1-16-14-17(2)20(25-15-16)27-8-10-28(11-9-27)21(31)18-4-6-19(7-5-18)24(3)22(32)29(12-13-30)23(33)26-24/h4-7,14-15,30H,8-13H2,1-3H3,(H,26,33). The number of nitrogens with one attached hydrogen (secondary N) is 1. The highest BCUT2D eigenvalue weighted by atomic mass is 16.3. The van der Waals surface area contributed by atoms with Crippen LogP contribution in [0.3, 0.4) is 0 Å². The van der Waals surface area contributed by atoms with Gasteiger partial charge >= 0.3 is 6.03 Å². The van der Waals surface area contributed by atoms with E-state index in [4.69, 9.17) is 5.11 Å². The minimum Gasteiger partial charge on any atom is -0.395 e. The summed E-state index contributed by atoms with van der Waals surface area (Å²) < 4.78 is 0. The predicted octanol–water partition coefficient (Wildman–Crippen LogP) is 1.42. The first kappa shape index (κ1) is 22.7. The molecule has 0 spiro atoms. The van der Waals surface area contributed by atoms with Crippen LogP contribution in [-0.2, 0) is 10.3 Å². The number of aromatic nitrogens is 1. The van der Waals surface area contributed by atoms with E-state index in [1.165, 1.54) is 0 Å². The number of nitrogens with zero attached hydrogens (tertiary/aromatic N) is 4. The molecule has 1 aromatic carbocycles. The zero-order valence-electron chi connectivity index (χ0n) is 19.2. The van der Waals surface area contributed by atoms with Gasteiger partial charge in [-0.25, -0.2) is 9.78 Å². The van der Waals surface area contributed by atoms with Crippen LogP contribution in [0.15, 0.2) is 36.5 Å². The van der Waals surface area contributed by atoms with Crippen LogP contribution in [0.2, 0.25) is 0 Å². The third-order valence-electron chi connectivity index (χ3n) is 6.36. The minimum atomic E-state index is -1.22. The van der Waals surface area contributed by atoms with Gasteiger partial charge in [-0.2, -0.15) is 0 Å². The van der Waals surface area contributed by atoms with Crippen LogP contribution in [0.5, 0.6) is 0 Å². The second-order valence-corrected chi connectivity index (χ2v) is 8.75. The fraction of sp³-hybridized carbons (Fsp3) is 0.417. The molecule has 3 heterocycles. The summed E-state index contributed by atoms with van der Waals surface area (Å²) in [5.74, 6) is 0.476. The molecular weight excluding hydrogens is 422 g/mol. The van der Waals surface area contributed by atoms with Gasteiger partial charge in [-0.3, -0.25) is 14.5 Å². The lowest BCUT2D eigenvalue weighted by Crippen LogP contribution is -2.49. The molecule has 1 atom stereocenters. The van der Waals surface area contributed by atoms with Crippen molar-refractivity contribution < 1.29 is 19.5 Å². The van der Waals surface area contributed by atoms with Crippen LogP contribution in [0.25, 0.3) is 0 Å². The molecule has 0 bridgehead atoms. The number of hydrogen-bond acceptors (Lipinski definition) is 6. The second kappa shape index (κ2) is 8.82. The largest absolute Gasteiger partial charge is 0.395 e. The number of piperazine rings is 1. The molecule has 9 heteroatoms. The van der Waals surface area contributed by atoms with Crippen molar-refractivity contribution in [1.29, 1.82) is 0 Å². The van der Waals surface area contributed by atoms with E-state index < -0.39 is 17.5 Å². The molecule has 0 saturated carbocycles. The normalized spacial score (nSPS) is 20.9. The summed E-state index contributed by atoms with van der Waals surface area (Å²) >= 11 is 0. The number of β-amino-alcohol motifs (C(OH)–C–C–N with tert-alkyl or cyclic N) is 1. The number of urea groups is 1. The number of amides is 4. The SMILES string of the molecule is Cc1cnc(N2CCN(C(=O)c3ccc(C4(C)NC(=O)N(CCO)C4=O)cc3)CC2)c(C)c1. The maximum absolute atomic E-state index is 13.0. The van der Waals surface area contributed by atoms with E-state index in [-0.39, 0.29) is 19.1 Å². The van der Waals surface area contributed by atoms with E-state index in [9.17, 15) is 14.4 Å². The van der Waals surface area contributed by atoms with Crippen molar-refractivity contribution in [1.82, 2.24) is 20.1 Å². The Balaban J connectivity index is 1.42. The molecule has 4 amide bonds. The Labute approximate surface area is 193 Å². The van der Waals surface area contributed by atoms with Gasteiger partial charge in [0.05, 0.1) is 13.2 Å². The molecule has 9 nitrogen and oxygen atoms in total. The summed E-state index contributed by atoms with van der Waals surface area (Å²) in [4.78, 5) is 47.5. The van der Waals surface area contributed by atoms with Gasteiger partial charge in [0.1, 0.15) is 11.4 Å². The Kier molecular flexibility index (Phi) is 6.07. The number of rotatable bonds is 5. The predicted molar refractivity (Wildman–Crippen MR) is 123 cm³/mol. The first-order valence-corrected chi connectivity index (χ1v) is 11.1. The first-order valence-electron chi connectivity index (χ1n) is 11.1. The highest BCUT2D eigenvalue weighted by Crippen LogP contribution is 2.29. The number of carbonyl (C=O) groups excluding carboxylic acids is 3. The number of aryl methyl sites for hydroxylation is 2. The Morgan fingerprint density at radius 1 is 1.12 bits per heavy atom. The molecule has 2 aliphatic heterocycles. The van der Waals surface area contributed by atoms with Gasteiger partial charge in [-0.15, -0.1) is 0 Å². The quantitative estimate of drug-likeness (QED) is 0.666. The number of benzene rings is 1. The smallest absolute Gasteiger partial charge is 0.325 e. The van der Waals surface area contributed by atoms with Crippen molar-refractivity contribution in [3.05, 3.63) is 58.8 Å². The first-order chi connectivity index (χ1) is 15.7. The Bertz CT molecular complexity index is 1080. The Hall–Kier alpha value is -3.46. The monoisotopic (exact) mass is 451 g/mol. The van der Waals surface area contributed by atoms with Crippen molar-refractivity contribution in [3.63, 3.8) is 0 Å². The number of hydrogen-bond donors (Lipinski definition) is 2. The fourth-order valence-electron chi connectivity index (χ4n) is 4.48. The lowest BCUT2D eigenvalue weighted by molar-refractivity contribution is -0.131. The maximum Gasteiger partial charge on any atom is 0.325 e. The average Bonchev–Trinajstić information content (AvgIpc) is 3.03. The topological polar surface area (TPSA) is 106 Å². The van der Waals surface area contributed by atoms with E-state index in [0.717, 1.165) is 21.8 Å². The molecule has 2 saturated heterocycles. The van der Waals surface area contributed by atoms with E-state index in [2.05, 4.69) is 28.2 Å². The number of carbonyl (C=O) groups is 3. The van der Waals surface area contributed by atoms with Crippen molar-refractivity contribution in [2.45, 2.75) is 26.3 Å². The number of aliphatic hydroxyl groups excluding tert-OH is 1. The summed E-state index contributed by atoms with van der Waals surface area (Å²) in [7, 11) is 0. The molecule has 1 unspecified atom stereocenters. The van der Waals surface area contributed by atoms with Gasteiger partial charge in [-0.05, 0) is 49.6 Å². The van der Waals surface area contributed by atoms with Gasteiger partial charge in [-0.1, -0.05) is 18.2 Å². The minimum absolute atomic E-state index is 0.0551. The number of imide groups is 1. The number of anilines is 1. The zero-order chi connectivity index (χ0) is 23.8. The molecule has 4 rings (SSSR count). The number of pyridine rings is 1. The van der Waals surface area contributed by atoms with Crippen molar-refractivity contribution in [2.24, 2.45) is 0 Å². The summed E-state index contributed by atoms with van der Waals surface area (Å²) in [6.07, 6.45) is 1.86. The van der Waals surface area contributed by atoms with Crippen molar-refractivity contribution >= 4 is 23.7 Å². The van der Waals surface area contributed by atoms with E-state index in [1.54, 1.807) is 31.2 Å². The molecule has 2 N–H and O–H groups in total. The van der Waals surface area contributed by atoms with Crippen LogP contribution in [0.4, 0.5) is 10.6 Å². The van der Waals surface area contributed by atoms with E-state index in [0.29, 0.717) is 37.3 Å². The third kappa shape index (κ3) is 4.16. The lowest BCUT2D eigenvalue weighted by Gasteiger charge is -2.36. The van der Waals surface area contributed by atoms with Gasteiger partial charge in [0.25, 0.3) is 11.8 Å². The van der Waals surface area contributed by atoms with Gasteiger partial charge in [0.2, 0.25) is 0 Å². The van der Waals surface area contributed by atoms with Gasteiger partial charge in [0.15, 0.2) is 0 Å². The van der Waals surface area contributed by atoms with Crippen LogP contribution in [0, 0.1) is 13.8 Å². The van der Waals surface area contributed by atoms with Crippen LogP contribution < -0.4 is 10.2 Å². The molecule has 2 aromatic rings. The zero-order valence-corrected chi connectivity index (χ0v) is 19.2. The third-order valence-corrected chi connectivity index (χ3v) is 6.36. The summed E-state index contributed by atoms with van der Waals surface area (Å²) in [6.45, 7) is 7.96. The highest BCUT2D eigenvalue weighted by Gasteiger charge is 2.48. The fourth-order valence-corrected chi connectivity index (χ4v) is 4.48. The molecule has 2 fully saturated rings. The average molecular weight is 452 g/mol. The molecule has 0 radical (unpaired) electrons. The maximum atomic E-state index is 13.0. The lowest BCUT2D eigenvalue weighted by atomic mass is 9.91. The summed E-state index contributed by atoms with van der Waals surface area (Å²) in [6, 6.07) is 8.35. The van der Waals surface area contributed by atoms with Crippen LogP contribution >= 0.6 is 0 Å². The van der Waals surface area contributed by atoms with Gasteiger partial charge in [0, 0.05) is 37.9 Å². The van der Waals surface area contributed by atoms with E-state index in [1.807, 2.05) is 18.0 Å². The van der Waals surface area contributed by atoms with Crippen molar-refractivity contribution in [3.8, 4) is 0 Å². The summed E-state index contributed by atoms with van der Waals surface area (Å²) in [5, 5.41) is 11.8. The van der Waals surface area contributed by atoms with Crippen LogP contribution in [0.1, 0.15) is 34.0 Å². The number of aliphatic hydroxyl groups is 1. The van der Waals surface area contributed by atoms with Crippen LogP contribution in [-0.4, -0.2) is 77.1 Å². The second-order valence-electron chi connectivity index (χ2n) is 8.75. The highest BCUT2D eigenvalue weighted by molar-refractivity contribution is 6.07.